The fourth-order valence-electron chi connectivity index (χ4n) is 1.80. The van der Waals surface area contributed by atoms with Crippen molar-refractivity contribution in [3.05, 3.63) is 52.3 Å². The summed E-state index contributed by atoms with van der Waals surface area (Å²) in [5, 5.41) is 3.30. The highest BCUT2D eigenvalue weighted by molar-refractivity contribution is 9.10. The van der Waals surface area contributed by atoms with Gasteiger partial charge in [0.2, 0.25) is 0 Å². The van der Waals surface area contributed by atoms with Crippen molar-refractivity contribution in [2.45, 2.75) is 25.9 Å². The molecular weight excluding hydrogens is 297 g/mol. The molecule has 1 unspecified atom stereocenters. The second-order valence-corrected chi connectivity index (χ2v) is 4.97. The summed E-state index contributed by atoms with van der Waals surface area (Å²) in [5.74, 6) is 0.682. The standard InChI is InChI=1S/C13H15BrFN3/c1-2-12(13-16-5-6-17-13)18-8-9-3-4-10(14)7-11(9)15/h3-7,12,18H,2,8H2,1H3,(H,16,17). The molecule has 3 nitrogen and oxygen atoms in total. The maximum absolute atomic E-state index is 13.7. The van der Waals surface area contributed by atoms with E-state index >= 15 is 0 Å². The highest BCUT2D eigenvalue weighted by Crippen LogP contribution is 2.17. The van der Waals surface area contributed by atoms with Crippen LogP contribution < -0.4 is 5.32 Å². The zero-order valence-corrected chi connectivity index (χ0v) is 11.7. The van der Waals surface area contributed by atoms with Gasteiger partial charge in [-0.1, -0.05) is 28.9 Å². The third-order valence-corrected chi connectivity index (χ3v) is 3.30. The van der Waals surface area contributed by atoms with Gasteiger partial charge in [0.1, 0.15) is 11.6 Å². The molecule has 0 aliphatic carbocycles. The van der Waals surface area contributed by atoms with Gasteiger partial charge in [-0.2, -0.15) is 0 Å². The topological polar surface area (TPSA) is 40.7 Å². The maximum Gasteiger partial charge on any atom is 0.128 e. The number of nitrogens with zero attached hydrogens (tertiary/aromatic N) is 1. The summed E-state index contributed by atoms with van der Waals surface area (Å²) < 4.78 is 14.4. The summed E-state index contributed by atoms with van der Waals surface area (Å²) in [6.45, 7) is 2.55. The van der Waals surface area contributed by atoms with Gasteiger partial charge in [0.15, 0.2) is 0 Å². The molecule has 18 heavy (non-hydrogen) atoms. The molecule has 1 aromatic carbocycles. The number of halogens is 2. The molecule has 0 saturated heterocycles. The average Bonchev–Trinajstić information content (AvgIpc) is 2.86. The minimum Gasteiger partial charge on any atom is -0.347 e. The molecule has 0 aliphatic rings. The predicted molar refractivity (Wildman–Crippen MR) is 72.6 cm³/mol. The molecule has 1 aromatic heterocycles. The summed E-state index contributed by atoms with van der Waals surface area (Å²) in [6.07, 6.45) is 4.41. The van der Waals surface area contributed by atoms with Gasteiger partial charge in [-0.05, 0) is 18.6 Å². The molecule has 2 rings (SSSR count). The number of H-pyrrole nitrogens is 1. The molecule has 0 saturated carbocycles. The fourth-order valence-corrected chi connectivity index (χ4v) is 2.13. The van der Waals surface area contributed by atoms with E-state index in [0.717, 1.165) is 16.7 Å². The van der Waals surface area contributed by atoms with Gasteiger partial charge in [0, 0.05) is 29.0 Å². The molecule has 2 N–H and O–H groups in total. The number of aromatic amines is 1. The molecular formula is C13H15BrFN3. The Balaban J connectivity index is 2.02. The largest absolute Gasteiger partial charge is 0.347 e. The Labute approximate surface area is 114 Å². The Morgan fingerprint density at radius 2 is 2.33 bits per heavy atom. The van der Waals surface area contributed by atoms with E-state index in [1.165, 1.54) is 6.07 Å². The maximum atomic E-state index is 13.7. The van der Waals surface area contributed by atoms with Crippen LogP contribution in [0.2, 0.25) is 0 Å². The van der Waals surface area contributed by atoms with Crippen LogP contribution >= 0.6 is 15.9 Å². The van der Waals surface area contributed by atoms with Crippen molar-refractivity contribution in [1.29, 1.82) is 0 Å². The normalized spacial score (nSPS) is 12.6. The zero-order valence-electron chi connectivity index (χ0n) is 10.1. The summed E-state index contributed by atoms with van der Waals surface area (Å²) in [5.41, 5.74) is 0.656. The lowest BCUT2D eigenvalue weighted by molar-refractivity contribution is 0.486. The van der Waals surface area contributed by atoms with Crippen LogP contribution in [-0.2, 0) is 6.54 Å². The Kier molecular flexibility index (Phi) is 4.49. The molecule has 0 fully saturated rings. The van der Waals surface area contributed by atoms with E-state index in [2.05, 4.69) is 38.1 Å². The molecule has 5 heteroatoms. The first-order valence-corrected chi connectivity index (χ1v) is 6.66. The van der Waals surface area contributed by atoms with Crippen LogP contribution in [0.4, 0.5) is 4.39 Å². The van der Waals surface area contributed by atoms with Crippen LogP contribution in [0, 0.1) is 5.82 Å². The van der Waals surface area contributed by atoms with E-state index in [-0.39, 0.29) is 11.9 Å². The van der Waals surface area contributed by atoms with E-state index in [4.69, 9.17) is 0 Å². The van der Waals surface area contributed by atoms with Crippen LogP contribution in [0.1, 0.15) is 30.8 Å². The van der Waals surface area contributed by atoms with E-state index in [9.17, 15) is 4.39 Å². The Hall–Kier alpha value is -1.20. The summed E-state index contributed by atoms with van der Waals surface area (Å²) in [6, 6.07) is 5.21. The lowest BCUT2D eigenvalue weighted by atomic mass is 10.1. The molecule has 0 bridgehead atoms. The van der Waals surface area contributed by atoms with Gasteiger partial charge in [0.25, 0.3) is 0 Å². The van der Waals surface area contributed by atoms with E-state index in [1.807, 2.05) is 6.07 Å². The van der Waals surface area contributed by atoms with Crippen molar-refractivity contribution >= 4 is 15.9 Å². The number of rotatable bonds is 5. The molecule has 1 heterocycles. The molecule has 1 atom stereocenters. The highest BCUT2D eigenvalue weighted by Gasteiger charge is 2.11. The summed E-state index contributed by atoms with van der Waals surface area (Å²) in [7, 11) is 0. The van der Waals surface area contributed by atoms with E-state index < -0.39 is 0 Å². The van der Waals surface area contributed by atoms with Crippen LogP contribution in [-0.4, -0.2) is 9.97 Å². The first-order valence-electron chi connectivity index (χ1n) is 5.87. The number of imidazole rings is 1. The monoisotopic (exact) mass is 311 g/mol. The molecule has 2 aromatic rings. The van der Waals surface area contributed by atoms with Crippen LogP contribution in [0.15, 0.2) is 35.1 Å². The second-order valence-electron chi connectivity index (χ2n) is 4.05. The number of hydrogen-bond acceptors (Lipinski definition) is 2. The van der Waals surface area contributed by atoms with Crippen LogP contribution in [0.25, 0.3) is 0 Å². The van der Waals surface area contributed by atoms with Crippen molar-refractivity contribution in [3.63, 3.8) is 0 Å². The van der Waals surface area contributed by atoms with Crippen molar-refractivity contribution in [3.8, 4) is 0 Å². The second kappa shape index (κ2) is 6.11. The minimum absolute atomic E-state index is 0.114. The van der Waals surface area contributed by atoms with Gasteiger partial charge in [-0.25, -0.2) is 9.37 Å². The van der Waals surface area contributed by atoms with Gasteiger partial charge < -0.3 is 10.3 Å². The number of nitrogens with one attached hydrogen (secondary N) is 2. The molecule has 0 amide bonds. The fraction of sp³-hybridized carbons (Fsp3) is 0.308. The van der Waals surface area contributed by atoms with Gasteiger partial charge in [-0.15, -0.1) is 0 Å². The third-order valence-electron chi connectivity index (χ3n) is 2.81. The Bertz CT molecular complexity index is 499. The van der Waals surface area contributed by atoms with Crippen molar-refractivity contribution in [2.75, 3.05) is 0 Å². The number of aromatic nitrogens is 2. The lowest BCUT2D eigenvalue weighted by Crippen LogP contribution is -2.21. The number of benzene rings is 1. The lowest BCUT2D eigenvalue weighted by Gasteiger charge is -2.15. The molecule has 0 radical (unpaired) electrons. The SMILES string of the molecule is CCC(NCc1ccc(Br)cc1F)c1ncc[nH]1. The third kappa shape index (κ3) is 3.17. The Morgan fingerprint density at radius 1 is 1.50 bits per heavy atom. The summed E-state index contributed by atoms with van der Waals surface area (Å²) >= 11 is 3.25. The van der Waals surface area contributed by atoms with E-state index in [1.54, 1.807) is 18.5 Å². The molecule has 0 spiro atoms. The first kappa shape index (κ1) is 13.2. The predicted octanol–water partition coefficient (Wildman–Crippen LogP) is 3.55. The minimum atomic E-state index is -0.203. The Morgan fingerprint density at radius 3 is 2.94 bits per heavy atom. The number of hydrogen-bond donors (Lipinski definition) is 2. The smallest absolute Gasteiger partial charge is 0.128 e. The van der Waals surface area contributed by atoms with Gasteiger partial charge >= 0.3 is 0 Å². The summed E-state index contributed by atoms with van der Waals surface area (Å²) in [4.78, 5) is 7.29. The van der Waals surface area contributed by atoms with Gasteiger partial charge in [0.05, 0.1) is 6.04 Å². The van der Waals surface area contributed by atoms with Crippen LogP contribution in [0.3, 0.4) is 0 Å². The molecule has 0 aliphatic heterocycles. The van der Waals surface area contributed by atoms with Gasteiger partial charge in [-0.3, -0.25) is 0 Å². The van der Waals surface area contributed by atoms with Crippen molar-refractivity contribution < 1.29 is 4.39 Å². The first-order chi connectivity index (χ1) is 8.70. The van der Waals surface area contributed by atoms with Crippen molar-refractivity contribution in [1.82, 2.24) is 15.3 Å². The van der Waals surface area contributed by atoms with Crippen molar-refractivity contribution in [2.24, 2.45) is 0 Å². The zero-order chi connectivity index (χ0) is 13.0. The quantitative estimate of drug-likeness (QED) is 0.886. The molecule has 96 valence electrons. The van der Waals surface area contributed by atoms with Crippen LogP contribution in [0.5, 0.6) is 0 Å². The average molecular weight is 312 g/mol. The van der Waals surface area contributed by atoms with E-state index in [0.29, 0.717) is 12.1 Å². The highest BCUT2D eigenvalue weighted by atomic mass is 79.9.